The highest BCUT2D eigenvalue weighted by Crippen LogP contribution is 2.25. The first kappa shape index (κ1) is 15.1. The van der Waals surface area contributed by atoms with Crippen LogP contribution >= 0.6 is 27.5 Å². The summed E-state index contributed by atoms with van der Waals surface area (Å²) in [5.41, 5.74) is 1.10. The summed E-state index contributed by atoms with van der Waals surface area (Å²) in [6.45, 7) is 0. The van der Waals surface area contributed by atoms with Crippen molar-refractivity contribution < 1.29 is 19.8 Å². The maximum absolute atomic E-state index is 11.8. The maximum atomic E-state index is 11.8. The first-order valence-electron chi connectivity index (χ1n) is 5.20. The third kappa shape index (κ3) is 3.31. The summed E-state index contributed by atoms with van der Waals surface area (Å²) in [4.78, 5) is 22.6. The number of halogens is 2. The lowest BCUT2D eigenvalue weighted by atomic mass is 9.95. The predicted molar refractivity (Wildman–Crippen MR) is 71.3 cm³/mol. The van der Waals surface area contributed by atoms with Gasteiger partial charge in [0.05, 0.1) is 0 Å². The summed E-state index contributed by atoms with van der Waals surface area (Å²) in [6.07, 6.45) is -1.46. The van der Waals surface area contributed by atoms with Crippen LogP contribution in [0.2, 0.25) is 0 Å². The van der Waals surface area contributed by atoms with Crippen LogP contribution in [-0.2, 0) is 10.1 Å². The molecule has 0 aliphatic carbocycles. The number of ketones is 1. The van der Waals surface area contributed by atoms with E-state index in [1.54, 1.807) is 12.1 Å². The molecular weight excluding hydrogens is 323 g/mol. The minimum Gasteiger partial charge on any atom is -0.479 e. The fraction of sp³-hybridized carbons (Fsp3) is 0.333. The Bertz CT molecular complexity index is 461. The van der Waals surface area contributed by atoms with E-state index in [0.717, 1.165) is 0 Å². The lowest BCUT2D eigenvalue weighted by Gasteiger charge is -2.14. The van der Waals surface area contributed by atoms with Crippen LogP contribution in [0, 0.1) is 0 Å². The molecule has 0 fully saturated rings. The fourth-order valence-electron chi connectivity index (χ4n) is 1.62. The monoisotopic (exact) mass is 334 g/mol. The molecule has 98 valence electrons. The first-order chi connectivity index (χ1) is 8.52. The number of alkyl halides is 2. The molecule has 0 bridgehead atoms. The van der Waals surface area contributed by atoms with Gasteiger partial charge in [0.25, 0.3) is 0 Å². The van der Waals surface area contributed by atoms with Crippen LogP contribution in [0.25, 0.3) is 0 Å². The van der Waals surface area contributed by atoms with Crippen LogP contribution in [0.5, 0.6) is 0 Å². The number of aliphatic hydroxyl groups excluding tert-OH is 1. The summed E-state index contributed by atoms with van der Waals surface area (Å²) in [6, 6.07) is 4.64. The van der Waals surface area contributed by atoms with Crippen molar-refractivity contribution in [1.29, 1.82) is 0 Å². The molecule has 1 aromatic rings. The van der Waals surface area contributed by atoms with E-state index < -0.39 is 12.1 Å². The van der Waals surface area contributed by atoms with Gasteiger partial charge in [0, 0.05) is 23.2 Å². The number of aliphatic carboxylic acids is 1. The largest absolute Gasteiger partial charge is 0.479 e. The van der Waals surface area contributed by atoms with Crippen LogP contribution in [0.1, 0.15) is 34.0 Å². The van der Waals surface area contributed by atoms with Crippen LogP contribution in [0.15, 0.2) is 18.2 Å². The van der Waals surface area contributed by atoms with Crippen molar-refractivity contribution in [2.45, 2.75) is 17.9 Å². The predicted octanol–water partition coefficient (Wildman–Crippen LogP) is 2.51. The van der Waals surface area contributed by atoms with E-state index in [9.17, 15) is 14.7 Å². The molecule has 0 aliphatic heterocycles. The molecule has 1 aromatic carbocycles. The average molecular weight is 336 g/mol. The van der Waals surface area contributed by atoms with E-state index >= 15 is 0 Å². The molecule has 2 N–H and O–H groups in total. The van der Waals surface area contributed by atoms with E-state index in [4.69, 9.17) is 16.7 Å². The molecule has 0 aromatic heterocycles. The van der Waals surface area contributed by atoms with Gasteiger partial charge in [0.1, 0.15) is 0 Å². The molecule has 1 rings (SSSR count). The Hall–Kier alpha value is -0.910. The Kier molecular flexibility index (Phi) is 5.78. The lowest BCUT2D eigenvalue weighted by Crippen LogP contribution is -2.15. The van der Waals surface area contributed by atoms with Gasteiger partial charge in [-0.25, -0.2) is 4.79 Å². The molecular formula is C12H12BrClO4. The second-order valence-corrected chi connectivity index (χ2v) is 4.55. The summed E-state index contributed by atoms with van der Waals surface area (Å²) in [5, 5.41) is 18.7. The summed E-state index contributed by atoms with van der Waals surface area (Å²) in [7, 11) is 0. The molecule has 4 nitrogen and oxygen atoms in total. The molecule has 0 saturated heterocycles. The highest BCUT2D eigenvalue weighted by molar-refractivity contribution is 9.08. The zero-order chi connectivity index (χ0) is 13.7. The van der Waals surface area contributed by atoms with Crippen molar-refractivity contribution in [2.75, 3.05) is 5.88 Å². The molecule has 1 unspecified atom stereocenters. The highest BCUT2D eigenvalue weighted by atomic mass is 79.9. The van der Waals surface area contributed by atoms with E-state index in [1.807, 2.05) is 0 Å². The van der Waals surface area contributed by atoms with E-state index in [1.165, 1.54) is 6.07 Å². The molecule has 1 atom stereocenters. The normalized spacial score (nSPS) is 12.2. The summed E-state index contributed by atoms with van der Waals surface area (Å²) < 4.78 is 0. The lowest BCUT2D eigenvalue weighted by molar-refractivity contribution is -0.147. The van der Waals surface area contributed by atoms with Gasteiger partial charge in [-0.1, -0.05) is 34.1 Å². The van der Waals surface area contributed by atoms with E-state index in [0.29, 0.717) is 11.1 Å². The number of carboxylic acids is 1. The highest BCUT2D eigenvalue weighted by Gasteiger charge is 2.22. The Balaban J connectivity index is 3.26. The Morgan fingerprint density at radius 2 is 2.06 bits per heavy atom. The molecule has 0 heterocycles. The van der Waals surface area contributed by atoms with Gasteiger partial charge in [0.15, 0.2) is 11.9 Å². The van der Waals surface area contributed by atoms with Crippen molar-refractivity contribution in [2.24, 2.45) is 0 Å². The topological polar surface area (TPSA) is 74.6 Å². The molecule has 0 saturated carbocycles. The van der Waals surface area contributed by atoms with E-state index in [-0.39, 0.29) is 29.0 Å². The van der Waals surface area contributed by atoms with Gasteiger partial charge < -0.3 is 10.2 Å². The Morgan fingerprint density at radius 3 is 2.56 bits per heavy atom. The molecule has 18 heavy (non-hydrogen) atoms. The van der Waals surface area contributed by atoms with Gasteiger partial charge in [-0.15, -0.1) is 11.6 Å². The molecule has 0 spiro atoms. The maximum Gasteiger partial charge on any atom is 0.337 e. The Labute approximate surface area is 118 Å². The van der Waals surface area contributed by atoms with Crippen molar-refractivity contribution in [1.82, 2.24) is 0 Å². The Morgan fingerprint density at radius 1 is 1.39 bits per heavy atom. The first-order valence-corrected chi connectivity index (χ1v) is 6.86. The second kappa shape index (κ2) is 6.87. The molecule has 0 aliphatic rings. The zero-order valence-corrected chi connectivity index (χ0v) is 11.7. The number of hydrogen-bond donors (Lipinski definition) is 2. The second-order valence-electron chi connectivity index (χ2n) is 3.61. The third-order valence-electron chi connectivity index (χ3n) is 2.50. The van der Waals surface area contributed by atoms with Crippen molar-refractivity contribution >= 4 is 39.3 Å². The molecule has 0 amide bonds. The van der Waals surface area contributed by atoms with Crippen molar-refractivity contribution in [3.05, 3.63) is 34.9 Å². The van der Waals surface area contributed by atoms with Gasteiger partial charge in [0.2, 0.25) is 0 Å². The van der Waals surface area contributed by atoms with Crippen molar-refractivity contribution in [3.8, 4) is 0 Å². The van der Waals surface area contributed by atoms with Crippen LogP contribution < -0.4 is 0 Å². The molecule has 0 radical (unpaired) electrons. The van der Waals surface area contributed by atoms with Crippen LogP contribution in [-0.4, -0.2) is 27.8 Å². The smallest absolute Gasteiger partial charge is 0.337 e. The van der Waals surface area contributed by atoms with Crippen molar-refractivity contribution in [3.63, 3.8) is 0 Å². The van der Waals surface area contributed by atoms with Gasteiger partial charge in [-0.05, 0) is 11.1 Å². The number of carboxylic acid groups (broad SMARTS) is 1. The number of rotatable bonds is 6. The number of hydrogen-bond acceptors (Lipinski definition) is 3. The minimum atomic E-state index is -1.64. The van der Waals surface area contributed by atoms with Crippen LogP contribution in [0.3, 0.4) is 0 Å². The standard InChI is InChI=1S/C12H12BrClO4/c13-6-9-7(10(15)4-5-14)2-1-3-8(9)11(16)12(17)18/h1-3,11,16H,4-6H2,(H,17,18). The van der Waals surface area contributed by atoms with Gasteiger partial charge >= 0.3 is 5.97 Å². The average Bonchev–Trinajstić information content (AvgIpc) is 2.36. The quantitative estimate of drug-likeness (QED) is 0.619. The number of carbonyl (C=O) groups is 2. The third-order valence-corrected chi connectivity index (χ3v) is 3.25. The van der Waals surface area contributed by atoms with Crippen LogP contribution in [0.4, 0.5) is 0 Å². The number of benzene rings is 1. The summed E-state index contributed by atoms with van der Waals surface area (Å²) >= 11 is 8.73. The van der Waals surface area contributed by atoms with E-state index in [2.05, 4.69) is 15.9 Å². The summed E-state index contributed by atoms with van der Waals surface area (Å²) in [5.74, 6) is -1.32. The SMILES string of the molecule is O=C(CCCl)c1cccc(C(O)C(=O)O)c1CBr. The fourth-order valence-corrected chi connectivity index (χ4v) is 2.42. The number of carbonyl (C=O) groups excluding carboxylic acids is 1. The number of aliphatic hydroxyl groups is 1. The zero-order valence-electron chi connectivity index (χ0n) is 9.40. The van der Waals surface area contributed by atoms with Gasteiger partial charge in [-0.2, -0.15) is 0 Å². The number of Topliss-reactive ketones (excluding diaryl/α,β-unsaturated/α-hetero) is 1. The molecule has 6 heteroatoms. The van der Waals surface area contributed by atoms with Gasteiger partial charge in [-0.3, -0.25) is 4.79 Å². The minimum absolute atomic E-state index is 0.168.